The van der Waals surface area contributed by atoms with Crippen molar-refractivity contribution in [1.82, 2.24) is 25.7 Å². The first-order valence-corrected chi connectivity index (χ1v) is 11.2. The van der Waals surface area contributed by atoms with E-state index >= 15 is 0 Å². The van der Waals surface area contributed by atoms with Crippen LogP contribution in [0.1, 0.15) is 60.3 Å². The number of fused-ring (bicyclic) bond motifs is 1. The lowest BCUT2D eigenvalue weighted by atomic mass is 9.89. The Hall–Kier alpha value is -3.44. The molecule has 1 saturated carbocycles. The van der Waals surface area contributed by atoms with Gasteiger partial charge in [-0.1, -0.05) is 30.1 Å². The highest BCUT2D eigenvalue weighted by atomic mass is 19.4. The van der Waals surface area contributed by atoms with Crippen LogP contribution in [0.15, 0.2) is 22.7 Å². The first-order valence-electron chi connectivity index (χ1n) is 11.2. The summed E-state index contributed by atoms with van der Waals surface area (Å²) >= 11 is 0. The van der Waals surface area contributed by atoms with Crippen LogP contribution in [0.4, 0.5) is 13.2 Å². The molecule has 0 unspecified atom stereocenters. The highest BCUT2D eigenvalue weighted by molar-refractivity contribution is 5.99. The second-order valence-corrected chi connectivity index (χ2v) is 8.85. The maximum absolute atomic E-state index is 13.3. The van der Waals surface area contributed by atoms with E-state index in [1.165, 1.54) is 6.07 Å². The Morgan fingerprint density at radius 1 is 1.18 bits per heavy atom. The van der Waals surface area contributed by atoms with Gasteiger partial charge in [0.25, 0.3) is 5.91 Å². The van der Waals surface area contributed by atoms with Crippen molar-refractivity contribution in [2.24, 2.45) is 0 Å². The van der Waals surface area contributed by atoms with Crippen molar-refractivity contribution in [2.45, 2.75) is 69.4 Å². The van der Waals surface area contributed by atoms with Gasteiger partial charge in [-0.3, -0.25) is 14.4 Å². The van der Waals surface area contributed by atoms with Crippen LogP contribution in [0.25, 0.3) is 11.4 Å². The molecule has 3 atom stereocenters. The highest BCUT2D eigenvalue weighted by Gasteiger charge is 2.41. The molecule has 12 heteroatoms. The quantitative estimate of drug-likeness (QED) is 0.699. The molecule has 0 spiro atoms. The molecular formula is C22H22F3N5O4. The summed E-state index contributed by atoms with van der Waals surface area (Å²) in [6.07, 6.45) is -0.733. The van der Waals surface area contributed by atoms with Gasteiger partial charge in [-0.15, -0.1) is 0 Å². The molecule has 1 aliphatic carbocycles. The molecule has 180 valence electrons. The van der Waals surface area contributed by atoms with E-state index in [2.05, 4.69) is 25.3 Å². The van der Waals surface area contributed by atoms with Crippen molar-refractivity contribution in [2.75, 3.05) is 0 Å². The molecule has 3 heterocycles. The molecular weight excluding hydrogens is 455 g/mol. The predicted octanol–water partition coefficient (Wildman–Crippen LogP) is 2.42. The first kappa shape index (κ1) is 22.4. The normalized spacial score (nSPS) is 24.8. The van der Waals surface area contributed by atoms with E-state index in [4.69, 9.17) is 0 Å². The largest absolute Gasteiger partial charge is 0.471 e. The Morgan fingerprint density at radius 3 is 2.68 bits per heavy atom. The van der Waals surface area contributed by atoms with Gasteiger partial charge < -0.3 is 20.1 Å². The molecule has 3 aliphatic rings. The van der Waals surface area contributed by atoms with Crippen molar-refractivity contribution in [3.05, 3.63) is 35.2 Å². The van der Waals surface area contributed by atoms with Gasteiger partial charge in [0, 0.05) is 30.1 Å². The second kappa shape index (κ2) is 8.41. The number of nitrogens with one attached hydrogen (secondary N) is 2. The lowest BCUT2D eigenvalue weighted by molar-refractivity contribution is -0.159. The molecule has 2 fully saturated rings. The van der Waals surface area contributed by atoms with Crippen molar-refractivity contribution >= 4 is 17.7 Å². The van der Waals surface area contributed by atoms with Gasteiger partial charge in [0.15, 0.2) is 0 Å². The van der Waals surface area contributed by atoms with E-state index in [1.807, 2.05) is 0 Å². The van der Waals surface area contributed by atoms with Crippen LogP contribution in [-0.2, 0) is 22.3 Å². The molecule has 2 aromatic rings. The van der Waals surface area contributed by atoms with Gasteiger partial charge in [0.2, 0.25) is 17.6 Å². The summed E-state index contributed by atoms with van der Waals surface area (Å²) in [4.78, 5) is 42.5. The minimum Gasteiger partial charge on any atom is -0.350 e. The zero-order valence-electron chi connectivity index (χ0n) is 18.0. The van der Waals surface area contributed by atoms with E-state index < -0.39 is 18.1 Å². The number of hydrogen-bond donors (Lipinski definition) is 2. The maximum Gasteiger partial charge on any atom is 0.471 e. The standard InChI is InChI=1S/C22H22F3N5O4/c23-22(24,25)21-28-18(29-34-21)11-5-6-12-10-30(20(33)13(12)9-11)16-4-2-1-3-14(16)27-19(32)15-7-8-17(31)26-15/h5-6,9,14-16H,1-4,7-8,10H2,(H,26,31)(H,27,32)/t14-,15-,16-/m1/s1. The van der Waals surface area contributed by atoms with Crippen molar-refractivity contribution in [3.8, 4) is 11.4 Å². The fourth-order valence-electron chi connectivity index (χ4n) is 4.93. The number of carbonyl (C=O) groups excluding carboxylic acids is 3. The van der Waals surface area contributed by atoms with Crippen molar-refractivity contribution < 1.29 is 32.1 Å². The molecule has 2 N–H and O–H groups in total. The third-order valence-electron chi connectivity index (χ3n) is 6.64. The van der Waals surface area contributed by atoms with Crippen LogP contribution < -0.4 is 10.6 Å². The first-order chi connectivity index (χ1) is 16.2. The number of nitrogens with zero attached hydrogens (tertiary/aromatic N) is 3. The summed E-state index contributed by atoms with van der Waals surface area (Å²) in [5.41, 5.74) is 1.36. The van der Waals surface area contributed by atoms with E-state index in [1.54, 1.807) is 17.0 Å². The molecule has 1 saturated heterocycles. The van der Waals surface area contributed by atoms with Gasteiger partial charge in [0.05, 0.1) is 6.04 Å². The molecule has 1 aromatic heterocycles. The fraction of sp³-hybridized carbons (Fsp3) is 0.500. The average Bonchev–Trinajstić information content (AvgIpc) is 3.53. The number of halogens is 3. The van der Waals surface area contributed by atoms with Crippen LogP contribution >= 0.6 is 0 Å². The van der Waals surface area contributed by atoms with Crippen LogP contribution in [-0.4, -0.2) is 50.9 Å². The van der Waals surface area contributed by atoms with Gasteiger partial charge in [-0.05, 0) is 30.9 Å². The van der Waals surface area contributed by atoms with Crippen molar-refractivity contribution in [1.29, 1.82) is 0 Å². The number of carbonyl (C=O) groups is 3. The smallest absolute Gasteiger partial charge is 0.350 e. The monoisotopic (exact) mass is 477 g/mol. The molecule has 3 amide bonds. The zero-order chi connectivity index (χ0) is 24.0. The number of hydrogen-bond acceptors (Lipinski definition) is 6. The third kappa shape index (κ3) is 4.12. The van der Waals surface area contributed by atoms with E-state index in [0.717, 1.165) is 18.4 Å². The highest BCUT2D eigenvalue weighted by Crippen LogP contribution is 2.34. The molecule has 0 radical (unpaired) electrons. The maximum atomic E-state index is 13.3. The Morgan fingerprint density at radius 2 is 1.97 bits per heavy atom. The van der Waals surface area contributed by atoms with Crippen LogP contribution in [0.2, 0.25) is 0 Å². The number of amides is 3. The Balaban J connectivity index is 1.33. The summed E-state index contributed by atoms with van der Waals surface area (Å²) < 4.78 is 42.7. The summed E-state index contributed by atoms with van der Waals surface area (Å²) in [6, 6.07) is 3.69. The Labute approximate surface area is 192 Å². The number of alkyl halides is 3. The van der Waals surface area contributed by atoms with Crippen molar-refractivity contribution in [3.63, 3.8) is 0 Å². The minimum atomic E-state index is -4.75. The van der Waals surface area contributed by atoms with E-state index in [0.29, 0.717) is 37.8 Å². The summed E-state index contributed by atoms with van der Waals surface area (Å²) in [7, 11) is 0. The van der Waals surface area contributed by atoms with Gasteiger partial charge in [-0.2, -0.15) is 18.2 Å². The Kier molecular flexibility index (Phi) is 5.53. The summed E-state index contributed by atoms with van der Waals surface area (Å²) in [5.74, 6) is -2.34. The van der Waals surface area contributed by atoms with Gasteiger partial charge >= 0.3 is 12.1 Å². The zero-order valence-corrected chi connectivity index (χ0v) is 18.0. The summed E-state index contributed by atoms with van der Waals surface area (Å²) in [5, 5.41) is 9.08. The lowest BCUT2D eigenvalue weighted by Crippen LogP contribution is -2.56. The number of benzene rings is 1. The molecule has 5 rings (SSSR count). The molecule has 1 aromatic carbocycles. The number of rotatable bonds is 4. The van der Waals surface area contributed by atoms with Crippen LogP contribution in [0, 0.1) is 0 Å². The molecule has 34 heavy (non-hydrogen) atoms. The number of aromatic nitrogens is 2. The average molecular weight is 477 g/mol. The van der Waals surface area contributed by atoms with Gasteiger partial charge in [0.1, 0.15) is 6.04 Å². The van der Waals surface area contributed by atoms with Gasteiger partial charge in [-0.25, -0.2) is 0 Å². The van der Waals surface area contributed by atoms with Crippen LogP contribution in [0.5, 0.6) is 0 Å². The van der Waals surface area contributed by atoms with Crippen LogP contribution in [0.3, 0.4) is 0 Å². The molecule has 2 aliphatic heterocycles. The van der Waals surface area contributed by atoms with E-state index in [9.17, 15) is 27.6 Å². The predicted molar refractivity (Wildman–Crippen MR) is 110 cm³/mol. The molecule has 0 bridgehead atoms. The molecule has 9 nitrogen and oxygen atoms in total. The Bertz CT molecular complexity index is 1150. The topological polar surface area (TPSA) is 117 Å². The van der Waals surface area contributed by atoms with E-state index in [-0.39, 0.29) is 41.2 Å². The SMILES string of the molecule is O=C1CC[C@H](C(=O)N[C@@H]2CCCC[C@H]2N2Cc3ccc(-c4noc(C(F)(F)F)n4)cc3C2=O)N1. The third-order valence-corrected chi connectivity index (χ3v) is 6.64. The summed E-state index contributed by atoms with van der Waals surface area (Å²) in [6.45, 7) is 0.339. The fourth-order valence-corrected chi connectivity index (χ4v) is 4.93. The lowest BCUT2D eigenvalue weighted by Gasteiger charge is -2.38. The minimum absolute atomic E-state index is 0.148. The second-order valence-electron chi connectivity index (χ2n) is 8.85.